The van der Waals surface area contributed by atoms with E-state index in [1.165, 1.54) is 6.42 Å². The third-order valence-corrected chi connectivity index (χ3v) is 3.57. The Balaban J connectivity index is 2.01. The van der Waals surface area contributed by atoms with Crippen molar-refractivity contribution in [1.29, 1.82) is 0 Å². The molecule has 0 aliphatic carbocycles. The van der Waals surface area contributed by atoms with Crippen LogP contribution >= 0.6 is 0 Å². The van der Waals surface area contributed by atoms with Crippen LogP contribution in [0.5, 0.6) is 5.75 Å². The fourth-order valence-corrected chi connectivity index (χ4v) is 2.38. The largest absolute Gasteiger partial charge is 0.497 e. The molecule has 2 N–H and O–H groups in total. The van der Waals surface area contributed by atoms with E-state index in [0.29, 0.717) is 0 Å². The molecule has 19 heavy (non-hydrogen) atoms. The van der Waals surface area contributed by atoms with Gasteiger partial charge in [-0.1, -0.05) is 12.8 Å². The molecule has 2 rings (SSSR count). The zero-order chi connectivity index (χ0) is 13.7. The number of rotatable bonds is 3. The summed E-state index contributed by atoms with van der Waals surface area (Å²) in [6, 6.07) is 5.62. The summed E-state index contributed by atoms with van der Waals surface area (Å²) in [7, 11) is 1.64. The standard InChI is InChI=1S/C15H22N2O2/c1-11-10-12(19-2)7-8-13(11)17-15(18)14-6-4-3-5-9-16-14/h7-8,10,14,16H,3-6,9H2,1-2H3,(H,17,18). The van der Waals surface area contributed by atoms with Crippen molar-refractivity contribution in [3.63, 3.8) is 0 Å². The van der Waals surface area contributed by atoms with Crippen LogP contribution in [0.4, 0.5) is 5.69 Å². The Labute approximate surface area is 114 Å². The van der Waals surface area contributed by atoms with Crippen molar-refractivity contribution in [2.24, 2.45) is 0 Å². The highest BCUT2D eigenvalue weighted by molar-refractivity contribution is 5.95. The zero-order valence-corrected chi connectivity index (χ0v) is 11.7. The number of aryl methyl sites for hydroxylation is 1. The van der Waals surface area contributed by atoms with Crippen LogP contribution in [0.2, 0.25) is 0 Å². The highest BCUT2D eigenvalue weighted by atomic mass is 16.5. The fourth-order valence-electron chi connectivity index (χ4n) is 2.38. The summed E-state index contributed by atoms with van der Waals surface area (Å²) in [4.78, 5) is 12.2. The van der Waals surface area contributed by atoms with Gasteiger partial charge in [0, 0.05) is 5.69 Å². The molecule has 0 saturated carbocycles. The van der Waals surface area contributed by atoms with E-state index < -0.39 is 0 Å². The number of carbonyl (C=O) groups is 1. The van der Waals surface area contributed by atoms with Crippen molar-refractivity contribution in [1.82, 2.24) is 5.32 Å². The molecule has 1 atom stereocenters. The van der Waals surface area contributed by atoms with Gasteiger partial charge in [0.25, 0.3) is 0 Å². The van der Waals surface area contributed by atoms with Gasteiger partial charge in [-0.2, -0.15) is 0 Å². The van der Waals surface area contributed by atoms with Crippen molar-refractivity contribution >= 4 is 11.6 Å². The van der Waals surface area contributed by atoms with Gasteiger partial charge in [-0.05, 0) is 50.1 Å². The Kier molecular flexibility index (Phi) is 4.80. The summed E-state index contributed by atoms with van der Waals surface area (Å²) >= 11 is 0. The van der Waals surface area contributed by atoms with Gasteiger partial charge in [-0.25, -0.2) is 0 Å². The molecule has 0 aromatic heterocycles. The lowest BCUT2D eigenvalue weighted by Gasteiger charge is -2.17. The van der Waals surface area contributed by atoms with E-state index in [1.54, 1.807) is 7.11 Å². The Hall–Kier alpha value is -1.55. The smallest absolute Gasteiger partial charge is 0.241 e. The SMILES string of the molecule is COc1ccc(NC(=O)C2CCCCCN2)c(C)c1. The Morgan fingerprint density at radius 2 is 2.21 bits per heavy atom. The zero-order valence-electron chi connectivity index (χ0n) is 11.7. The molecule has 4 heteroatoms. The van der Waals surface area contributed by atoms with Gasteiger partial charge in [-0.15, -0.1) is 0 Å². The van der Waals surface area contributed by atoms with Crippen LogP contribution in [0, 0.1) is 6.92 Å². The lowest BCUT2D eigenvalue weighted by Crippen LogP contribution is -2.39. The molecule has 1 aliphatic heterocycles. The number of ether oxygens (including phenoxy) is 1. The van der Waals surface area contributed by atoms with E-state index in [0.717, 1.165) is 42.8 Å². The minimum absolute atomic E-state index is 0.0650. The summed E-state index contributed by atoms with van der Waals surface area (Å²) in [6.07, 6.45) is 4.40. The molecule has 1 heterocycles. The second kappa shape index (κ2) is 6.57. The molecule has 0 radical (unpaired) electrons. The molecule has 0 bridgehead atoms. The molecule has 1 saturated heterocycles. The monoisotopic (exact) mass is 262 g/mol. The van der Waals surface area contributed by atoms with E-state index in [9.17, 15) is 4.79 Å². The number of hydrogen-bond acceptors (Lipinski definition) is 3. The van der Waals surface area contributed by atoms with E-state index in [4.69, 9.17) is 4.74 Å². The number of anilines is 1. The molecule has 1 aromatic rings. The number of hydrogen-bond donors (Lipinski definition) is 2. The first-order valence-electron chi connectivity index (χ1n) is 6.89. The number of amides is 1. The van der Waals surface area contributed by atoms with Crippen LogP contribution in [0.3, 0.4) is 0 Å². The van der Waals surface area contributed by atoms with Gasteiger partial charge in [0.1, 0.15) is 5.75 Å². The average molecular weight is 262 g/mol. The highest BCUT2D eigenvalue weighted by Crippen LogP contribution is 2.21. The van der Waals surface area contributed by atoms with E-state index in [2.05, 4.69) is 10.6 Å². The van der Waals surface area contributed by atoms with Crippen LogP contribution in [0.25, 0.3) is 0 Å². The number of carbonyl (C=O) groups excluding carboxylic acids is 1. The maximum Gasteiger partial charge on any atom is 0.241 e. The molecule has 1 aromatic carbocycles. The molecule has 1 amide bonds. The Morgan fingerprint density at radius 3 is 2.95 bits per heavy atom. The summed E-state index contributed by atoms with van der Waals surface area (Å²) in [5.41, 5.74) is 1.87. The van der Waals surface area contributed by atoms with Crippen LogP contribution in [-0.4, -0.2) is 25.6 Å². The van der Waals surface area contributed by atoms with Gasteiger partial charge in [-0.3, -0.25) is 4.79 Å². The van der Waals surface area contributed by atoms with Crippen LogP contribution in [0.1, 0.15) is 31.2 Å². The molecular formula is C15H22N2O2. The van der Waals surface area contributed by atoms with Gasteiger partial charge in [0.15, 0.2) is 0 Å². The lowest BCUT2D eigenvalue weighted by molar-refractivity contribution is -0.118. The second-order valence-electron chi connectivity index (χ2n) is 5.03. The predicted molar refractivity (Wildman–Crippen MR) is 76.6 cm³/mol. The van der Waals surface area contributed by atoms with Gasteiger partial charge >= 0.3 is 0 Å². The lowest BCUT2D eigenvalue weighted by atomic mass is 10.1. The maximum atomic E-state index is 12.2. The Morgan fingerprint density at radius 1 is 1.37 bits per heavy atom. The van der Waals surface area contributed by atoms with Crippen LogP contribution < -0.4 is 15.4 Å². The Bertz CT molecular complexity index is 438. The summed E-state index contributed by atoms with van der Waals surface area (Å²) < 4.78 is 5.16. The van der Waals surface area contributed by atoms with Gasteiger partial charge in [0.05, 0.1) is 13.2 Å². The first kappa shape index (κ1) is 13.9. The molecule has 0 spiro atoms. The minimum Gasteiger partial charge on any atom is -0.497 e. The fraction of sp³-hybridized carbons (Fsp3) is 0.533. The van der Waals surface area contributed by atoms with Crippen molar-refractivity contribution in [2.75, 3.05) is 19.0 Å². The minimum atomic E-state index is -0.0657. The second-order valence-corrected chi connectivity index (χ2v) is 5.03. The molecule has 1 aliphatic rings. The maximum absolute atomic E-state index is 12.2. The highest BCUT2D eigenvalue weighted by Gasteiger charge is 2.19. The molecule has 1 unspecified atom stereocenters. The van der Waals surface area contributed by atoms with E-state index >= 15 is 0 Å². The topological polar surface area (TPSA) is 50.4 Å². The summed E-state index contributed by atoms with van der Waals surface area (Å²) in [5, 5.41) is 6.31. The summed E-state index contributed by atoms with van der Waals surface area (Å²) in [5.74, 6) is 0.873. The summed E-state index contributed by atoms with van der Waals surface area (Å²) in [6.45, 7) is 2.90. The molecular weight excluding hydrogens is 240 g/mol. The average Bonchev–Trinajstić information content (AvgIpc) is 2.70. The molecule has 4 nitrogen and oxygen atoms in total. The first-order valence-corrected chi connectivity index (χ1v) is 6.89. The van der Waals surface area contributed by atoms with Crippen LogP contribution in [0.15, 0.2) is 18.2 Å². The third-order valence-electron chi connectivity index (χ3n) is 3.57. The van der Waals surface area contributed by atoms with Crippen molar-refractivity contribution in [3.05, 3.63) is 23.8 Å². The quantitative estimate of drug-likeness (QED) is 0.880. The van der Waals surface area contributed by atoms with Gasteiger partial charge in [0.2, 0.25) is 5.91 Å². The number of methoxy groups -OCH3 is 1. The molecule has 104 valence electrons. The van der Waals surface area contributed by atoms with E-state index in [1.807, 2.05) is 25.1 Å². The van der Waals surface area contributed by atoms with Crippen LogP contribution in [-0.2, 0) is 4.79 Å². The first-order chi connectivity index (χ1) is 9.20. The third kappa shape index (κ3) is 3.70. The number of nitrogens with one attached hydrogen (secondary N) is 2. The normalized spacial score (nSPS) is 19.6. The van der Waals surface area contributed by atoms with Crippen molar-refractivity contribution in [2.45, 2.75) is 38.6 Å². The molecule has 1 fully saturated rings. The van der Waals surface area contributed by atoms with Crippen molar-refractivity contribution < 1.29 is 9.53 Å². The number of benzene rings is 1. The van der Waals surface area contributed by atoms with Crippen molar-refractivity contribution in [3.8, 4) is 5.75 Å². The van der Waals surface area contributed by atoms with E-state index in [-0.39, 0.29) is 11.9 Å². The predicted octanol–water partition coefficient (Wildman–Crippen LogP) is 2.47. The van der Waals surface area contributed by atoms with Gasteiger partial charge < -0.3 is 15.4 Å².